The molecule has 0 fully saturated rings. The average Bonchev–Trinajstić information content (AvgIpc) is 2.90. The van der Waals surface area contributed by atoms with Crippen molar-refractivity contribution < 1.29 is 0 Å². The fourth-order valence-corrected chi connectivity index (χ4v) is 2.98. The number of fused-ring (bicyclic) bond motifs is 1. The van der Waals surface area contributed by atoms with Crippen molar-refractivity contribution in [3.05, 3.63) is 59.7 Å². The molecule has 102 valence electrons. The van der Waals surface area contributed by atoms with Gasteiger partial charge in [-0.15, -0.1) is 0 Å². The number of hydrogen-bond donors (Lipinski definition) is 2. The Hall–Kier alpha value is -1.91. The number of aromatic nitrogens is 1. The topological polar surface area (TPSA) is 50.9 Å². The molecule has 0 unspecified atom stereocenters. The van der Waals surface area contributed by atoms with Gasteiger partial charge in [-0.2, -0.15) is 0 Å². The smallest absolute Gasteiger partial charge is 0.184 e. The Morgan fingerprint density at radius 3 is 2.50 bits per heavy atom. The Morgan fingerprint density at radius 2 is 1.75 bits per heavy atom. The van der Waals surface area contributed by atoms with E-state index in [4.69, 9.17) is 5.73 Å². The highest BCUT2D eigenvalue weighted by atomic mass is 32.1. The molecule has 0 aliphatic heterocycles. The summed E-state index contributed by atoms with van der Waals surface area (Å²) >= 11 is 1.69. The highest BCUT2D eigenvalue weighted by molar-refractivity contribution is 7.22. The minimum absolute atomic E-state index is 0.698. The van der Waals surface area contributed by atoms with Crippen molar-refractivity contribution in [2.24, 2.45) is 5.73 Å². The Morgan fingerprint density at radius 1 is 1.00 bits per heavy atom. The third kappa shape index (κ3) is 2.98. The number of rotatable bonds is 5. The quantitative estimate of drug-likeness (QED) is 0.754. The zero-order valence-electron chi connectivity index (χ0n) is 11.2. The molecule has 0 aliphatic rings. The van der Waals surface area contributed by atoms with Crippen LogP contribution in [-0.2, 0) is 13.0 Å². The van der Waals surface area contributed by atoms with Gasteiger partial charge in [0.1, 0.15) is 0 Å². The van der Waals surface area contributed by atoms with Gasteiger partial charge in [0.05, 0.1) is 10.2 Å². The van der Waals surface area contributed by atoms with Gasteiger partial charge >= 0.3 is 0 Å². The molecule has 0 saturated heterocycles. The van der Waals surface area contributed by atoms with Gasteiger partial charge in [-0.1, -0.05) is 47.7 Å². The van der Waals surface area contributed by atoms with Gasteiger partial charge in [-0.25, -0.2) is 4.98 Å². The monoisotopic (exact) mass is 283 g/mol. The minimum Gasteiger partial charge on any atom is -0.357 e. The van der Waals surface area contributed by atoms with Gasteiger partial charge in [0.25, 0.3) is 0 Å². The molecule has 0 saturated carbocycles. The molecular formula is C16H17N3S. The Balaban J connectivity index is 1.66. The van der Waals surface area contributed by atoms with E-state index in [0.717, 1.165) is 23.6 Å². The van der Waals surface area contributed by atoms with E-state index in [1.807, 2.05) is 18.2 Å². The van der Waals surface area contributed by atoms with Crippen molar-refractivity contribution in [2.75, 3.05) is 11.9 Å². The standard InChI is InChI=1S/C16H17N3S/c17-10-9-12-5-7-13(8-6-12)11-18-16-19-14-3-1-2-4-15(14)20-16/h1-8H,9-11,17H2,(H,18,19). The predicted molar refractivity (Wildman–Crippen MR) is 86.1 cm³/mol. The summed E-state index contributed by atoms with van der Waals surface area (Å²) in [7, 11) is 0. The van der Waals surface area contributed by atoms with Crippen LogP contribution in [0, 0.1) is 0 Å². The SMILES string of the molecule is NCCc1ccc(CNc2nc3ccccc3s2)cc1. The van der Waals surface area contributed by atoms with Crippen LogP contribution < -0.4 is 11.1 Å². The predicted octanol–water partition coefficient (Wildman–Crippen LogP) is 3.41. The summed E-state index contributed by atoms with van der Waals surface area (Å²) in [5, 5.41) is 4.35. The van der Waals surface area contributed by atoms with Crippen molar-refractivity contribution in [1.29, 1.82) is 0 Å². The van der Waals surface area contributed by atoms with Crippen molar-refractivity contribution >= 4 is 26.7 Å². The highest BCUT2D eigenvalue weighted by Gasteiger charge is 2.02. The maximum atomic E-state index is 5.55. The lowest BCUT2D eigenvalue weighted by molar-refractivity contribution is 0.966. The minimum atomic E-state index is 0.698. The molecule has 0 amide bonds. The number of nitrogens with zero attached hydrogens (tertiary/aromatic N) is 1. The third-order valence-electron chi connectivity index (χ3n) is 3.19. The summed E-state index contributed by atoms with van der Waals surface area (Å²) in [6, 6.07) is 16.8. The Bertz CT molecular complexity index is 655. The van der Waals surface area contributed by atoms with E-state index in [0.29, 0.717) is 6.54 Å². The summed E-state index contributed by atoms with van der Waals surface area (Å²) in [5.41, 5.74) is 9.15. The molecule has 1 aromatic heterocycles. The average molecular weight is 283 g/mol. The molecular weight excluding hydrogens is 266 g/mol. The van der Waals surface area contributed by atoms with E-state index in [-0.39, 0.29) is 0 Å². The number of benzene rings is 2. The first kappa shape index (κ1) is 13.1. The Labute approximate surface area is 122 Å². The lowest BCUT2D eigenvalue weighted by Crippen LogP contribution is -2.03. The summed E-state index contributed by atoms with van der Waals surface area (Å²) in [6.07, 6.45) is 0.936. The molecule has 3 rings (SSSR count). The first-order valence-electron chi connectivity index (χ1n) is 6.72. The molecule has 0 aliphatic carbocycles. The second kappa shape index (κ2) is 6.03. The molecule has 0 bridgehead atoms. The number of nitrogens with one attached hydrogen (secondary N) is 1. The fourth-order valence-electron chi connectivity index (χ4n) is 2.12. The number of thiazole rings is 1. The number of para-hydroxylation sites is 1. The van der Waals surface area contributed by atoms with Crippen LogP contribution >= 0.6 is 11.3 Å². The molecule has 1 heterocycles. The van der Waals surface area contributed by atoms with Gasteiger partial charge < -0.3 is 11.1 Å². The molecule has 2 aromatic carbocycles. The van der Waals surface area contributed by atoms with Crippen molar-refractivity contribution in [3.8, 4) is 0 Å². The van der Waals surface area contributed by atoms with Gasteiger partial charge in [0, 0.05) is 6.54 Å². The molecule has 3 aromatic rings. The zero-order valence-corrected chi connectivity index (χ0v) is 12.0. The Kier molecular flexibility index (Phi) is 3.95. The van der Waals surface area contributed by atoms with Crippen molar-refractivity contribution in [2.45, 2.75) is 13.0 Å². The van der Waals surface area contributed by atoms with Gasteiger partial charge in [-0.05, 0) is 36.2 Å². The van der Waals surface area contributed by atoms with E-state index in [1.165, 1.54) is 15.8 Å². The lowest BCUT2D eigenvalue weighted by Gasteiger charge is -2.04. The van der Waals surface area contributed by atoms with Crippen LogP contribution in [0.3, 0.4) is 0 Å². The van der Waals surface area contributed by atoms with Crippen LogP contribution in [-0.4, -0.2) is 11.5 Å². The van der Waals surface area contributed by atoms with E-state index in [1.54, 1.807) is 11.3 Å². The summed E-state index contributed by atoms with van der Waals surface area (Å²) in [4.78, 5) is 4.57. The molecule has 3 N–H and O–H groups in total. The third-order valence-corrected chi connectivity index (χ3v) is 4.19. The molecule has 4 heteroatoms. The van der Waals surface area contributed by atoms with Crippen LogP contribution in [0.4, 0.5) is 5.13 Å². The van der Waals surface area contributed by atoms with Crippen LogP contribution in [0.1, 0.15) is 11.1 Å². The zero-order chi connectivity index (χ0) is 13.8. The lowest BCUT2D eigenvalue weighted by atomic mass is 10.1. The van der Waals surface area contributed by atoms with E-state index >= 15 is 0 Å². The first-order chi connectivity index (χ1) is 9.85. The van der Waals surface area contributed by atoms with E-state index in [9.17, 15) is 0 Å². The number of hydrogen-bond acceptors (Lipinski definition) is 4. The van der Waals surface area contributed by atoms with Crippen LogP contribution in [0.25, 0.3) is 10.2 Å². The maximum absolute atomic E-state index is 5.55. The second-order valence-electron chi connectivity index (χ2n) is 4.70. The van der Waals surface area contributed by atoms with Gasteiger partial charge in [0.15, 0.2) is 5.13 Å². The normalized spacial score (nSPS) is 10.8. The van der Waals surface area contributed by atoms with Crippen LogP contribution in [0.15, 0.2) is 48.5 Å². The molecule has 0 atom stereocenters. The largest absolute Gasteiger partial charge is 0.357 e. The molecule has 20 heavy (non-hydrogen) atoms. The van der Waals surface area contributed by atoms with Crippen molar-refractivity contribution in [1.82, 2.24) is 4.98 Å². The van der Waals surface area contributed by atoms with Crippen LogP contribution in [0.5, 0.6) is 0 Å². The molecule has 0 spiro atoms. The van der Waals surface area contributed by atoms with Gasteiger partial charge in [-0.3, -0.25) is 0 Å². The summed E-state index contributed by atoms with van der Waals surface area (Å²) < 4.78 is 1.22. The summed E-state index contributed by atoms with van der Waals surface area (Å²) in [6.45, 7) is 1.49. The highest BCUT2D eigenvalue weighted by Crippen LogP contribution is 2.25. The fraction of sp³-hybridized carbons (Fsp3) is 0.188. The maximum Gasteiger partial charge on any atom is 0.184 e. The van der Waals surface area contributed by atoms with Crippen LogP contribution in [0.2, 0.25) is 0 Å². The van der Waals surface area contributed by atoms with Crippen molar-refractivity contribution in [3.63, 3.8) is 0 Å². The second-order valence-corrected chi connectivity index (χ2v) is 5.73. The van der Waals surface area contributed by atoms with E-state index < -0.39 is 0 Å². The van der Waals surface area contributed by atoms with E-state index in [2.05, 4.69) is 40.6 Å². The van der Waals surface area contributed by atoms with Gasteiger partial charge in [0.2, 0.25) is 0 Å². The first-order valence-corrected chi connectivity index (χ1v) is 7.54. The number of nitrogens with two attached hydrogens (primary N) is 1. The number of anilines is 1. The molecule has 3 nitrogen and oxygen atoms in total. The summed E-state index contributed by atoms with van der Waals surface area (Å²) in [5.74, 6) is 0. The molecule has 0 radical (unpaired) electrons.